The topological polar surface area (TPSA) is 59.1 Å². The van der Waals surface area contributed by atoms with Gasteiger partial charge < -0.3 is 9.80 Å². The number of hydrogen-bond donors (Lipinski definition) is 1. The highest BCUT2D eigenvalue weighted by atomic mass is 35.5. The lowest BCUT2D eigenvalue weighted by Crippen LogP contribution is -2.66. The molecule has 0 aromatic heterocycles. The first-order valence-electron chi connectivity index (χ1n) is 10.7. The van der Waals surface area contributed by atoms with Crippen LogP contribution in [0.3, 0.4) is 0 Å². The molecule has 2 aromatic carbocycles. The zero-order chi connectivity index (χ0) is 21.5. The van der Waals surface area contributed by atoms with E-state index in [1.165, 1.54) is 4.90 Å². The Morgan fingerprint density at radius 2 is 1.87 bits per heavy atom. The van der Waals surface area contributed by atoms with Crippen LogP contribution in [-0.2, 0) is 11.2 Å². The molecule has 0 bridgehead atoms. The third kappa shape index (κ3) is 3.56. The zero-order valence-electron chi connectivity index (χ0n) is 17.4. The smallest absolute Gasteiger partial charge is 0.327 e. The number of amides is 3. The molecule has 0 aliphatic carbocycles. The predicted octanol–water partition coefficient (Wildman–Crippen LogP) is 2.57. The van der Waals surface area contributed by atoms with E-state index in [-0.39, 0.29) is 24.4 Å². The molecule has 0 saturated carbocycles. The number of fused-ring (bicyclic) bond motifs is 3. The SMILES string of the molecule is CN1C(=O)N(CCc2ccccc2)C(=O)C2C1NC1N(c3cccc(Cl)c3)CCCN21. The highest BCUT2D eigenvalue weighted by Gasteiger charge is 2.55. The third-order valence-corrected chi connectivity index (χ3v) is 6.71. The fraction of sp³-hybridized carbons (Fsp3) is 0.391. The van der Waals surface area contributed by atoms with Crippen molar-refractivity contribution >= 4 is 29.2 Å². The average Bonchev–Trinajstić information content (AvgIpc) is 3.18. The predicted molar refractivity (Wildman–Crippen MR) is 120 cm³/mol. The summed E-state index contributed by atoms with van der Waals surface area (Å²) in [5.41, 5.74) is 2.12. The van der Waals surface area contributed by atoms with Crippen LogP contribution >= 0.6 is 11.6 Å². The van der Waals surface area contributed by atoms with E-state index in [0.717, 1.165) is 30.8 Å². The van der Waals surface area contributed by atoms with E-state index in [1.54, 1.807) is 11.9 Å². The largest absolute Gasteiger partial charge is 0.343 e. The molecular formula is C23H26ClN5O2. The normalized spacial score (nSPS) is 26.3. The molecule has 7 nitrogen and oxygen atoms in total. The second-order valence-corrected chi connectivity index (χ2v) is 8.75. The van der Waals surface area contributed by atoms with Gasteiger partial charge in [0.1, 0.15) is 18.5 Å². The molecule has 3 unspecified atom stereocenters. The van der Waals surface area contributed by atoms with Gasteiger partial charge in [-0.2, -0.15) is 0 Å². The number of halogens is 1. The monoisotopic (exact) mass is 439 g/mol. The summed E-state index contributed by atoms with van der Waals surface area (Å²) in [4.78, 5) is 34.0. The summed E-state index contributed by atoms with van der Waals surface area (Å²) in [6.07, 6.45) is 1.08. The van der Waals surface area contributed by atoms with Crippen LogP contribution in [0, 0.1) is 0 Å². The Bertz CT molecular complexity index is 987. The van der Waals surface area contributed by atoms with Gasteiger partial charge in [-0.1, -0.05) is 48.0 Å². The quantitative estimate of drug-likeness (QED) is 0.793. The van der Waals surface area contributed by atoms with Crippen LogP contribution in [0.2, 0.25) is 5.02 Å². The van der Waals surface area contributed by atoms with Gasteiger partial charge >= 0.3 is 6.03 Å². The van der Waals surface area contributed by atoms with Crippen molar-refractivity contribution in [3.05, 3.63) is 65.2 Å². The second-order valence-electron chi connectivity index (χ2n) is 8.31. The number of benzene rings is 2. The first-order valence-corrected chi connectivity index (χ1v) is 11.1. The number of nitrogens with one attached hydrogen (secondary N) is 1. The lowest BCUT2D eigenvalue weighted by atomic mass is 10.1. The molecule has 3 amide bonds. The van der Waals surface area contributed by atoms with Crippen LogP contribution in [0.1, 0.15) is 12.0 Å². The van der Waals surface area contributed by atoms with E-state index in [2.05, 4.69) is 15.1 Å². The number of carbonyl (C=O) groups is 2. The molecule has 8 heteroatoms. The van der Waals surface area contributed by atoms with E-state index in [4.69, 9.17) is 11.6 Å². The summed E-state index contributed by atoms with van der Waals surface area (Å²) in [5.74, 6) is -0.119. The highest BCUT2D eigenvalue weighted by Crippen LogP contribution is 2.33. The Kier molecular flexibility index (Phi) is 5.33. The van der Waals surface area contributed by atoms with Crippen molar-refractivity contribution in [3.63, 3.8) is 0 Å². The first kappa shape index (κ1) is 20.3. The summed E-state index contributed by atoms with van der Waals surface area (Å²) in [7, 11) is 1.77. The van der Waals surface area contributed by atoms with Crippen molar-refractivity contribution in [2.75, 3.05) is 31.6 Å². The van der Waals surface area contributed by atoms with Crippen LogP contribution in [0.25, 0.3) is 0 Å². The molecule has 162 valence electrons. The molecular weight excluding hydrogens is 414 g/mol. The Balaban J connectivity index is 1.39. The summed E-state index contributed by atoms with van der Waals surface area (Å²) >= 11 is 6.22. The van der Waals surface area contributed by atoms with Crippen LogP contribution in [0.5, 0.6) is 0 Å². The van der Waals surface area contributed by atoms with Crippen molar-refractivity contribution in [2.24, 2.45) is 0 Å². The minimum atomic E-state index is -0.398. The molecule has 1 N–H and O–H groups in total. The van der Waals surface area contributed by atoms with Crippen LogP contribution in [0.4, 0.5) is 10.5 Å². The zero-order valence-corrected chi connectivity index (χ0v) is 18.2. The van der Waals surface area contributed by atoms with E-state index in [9.17, 15) is 9.59 Å². The fourth-order valence-corrected chi connectivity index (χ4v) is 5.11. The van der Waals surface area contributed by atoms with E-state index >= 15 is 0 Å². The van der Waals surface area contributed by atoms with Gasteiger partial charge in [0.15, 0.2) is 0 Å². The van der Waals surface area contributed by atoms with Crippen LogP contribution in [-0.4, -0.2) is 71.8 Å². The number of imide groups is 1. The van der Waals surface area contributed by atoms with Crippen molar-refractivity contribution in [2.45, 2.75) is 31.3 Å². The van der Waals surface area contributed by atoms with Crippen molar-refractivity contribution in [1.29, 1.82) is 0 Å². The Labute approximate surface area is 187 Å². The average molecular weight is 440 g/mol. The van der Waals surface area contributed by atoms with Gasteiger partial charge in [0, 0.05) is 37.4 Å². The summed E-state index contributed by atoms with van der Waals surface area (Å²) in [6.45, 7) is 2.04. The van der Waals surface area contributed by atoms with Gasteiger partial charge in [0.2, 0.25) is 0 Å². The molecule has 3 atom stereocenters. The van der Waals surface area contributed by atoms with E-state index in [0.29, 0.717) is 18.0 Å². The van der Waals surface area contributed by atoms with Gasteiger partial charge in [-0.15, -0.1) is 0 Å². The minimum Gasteiger partial charge on any atom is -0.343 e. The van der Waals surface area contributed by atoms with Gasteiger partial charge in [0.25, 0.3) is 5.91 Å². The Morgan fingerprint density at radius 3 is 2.65 bits per heavy atom. The van der Waals surface area contributed by atoms with Gasteiger partial charge in [-0.25, -0.2) is 4.79 Å². The van der Waals surface area contributed by atoms with Crippen LogP contribution in [0.15, 0.2) is 54.6 Å². The Morgan fingerprint density at radius 1 is 1.06 bits per heavy atom. The molecule has 0 radical (unpaired) electrons. The molecule has 3 saturated heterocycles. The molecule has 3 heterocycles. The fourth-order valence-electron chi connectivity index (χ4n) is 4.93. The molecule has 3 fully saturated rings. The lowest BCUT2D eigenvalue weighted by Gasteiger charge is -2.44. The number of nitrogens with zero attached hydrogens (tertiary/aromatic N) is 4. The van der Waals surface area contributed by atoms with Crippen LogP contribution < -0.4 is 10.2 Å². The van der Waals surface area contributed by atoms with Crippen molar-refractivity contribution in [3.8, 4) is 0 Å². The van der Waals surface area contributed by atoms with Crippen molar-refractivity contribution < 1.29 is 9.59 Å². The molecule has 5 rings (SSSR count). The van der Waals surface area contributed by atoms with E-state index < -0.39 is 6.04 Å². The molecule has 0 spiro atoms. The van der Waals surface area contributed by atoms with Gasteiger partial charge in [0.05, 0.1) is 0 Å². The molecule has 31 heavy (non-hydrogen) atoms. The molecule has 3 aliphatic heterocycles. The molecule has 3 aliphatic rings. The maximum absolute atomic E-state index is 13.5. The number of urea groups is 1. The van der Waals surface area contributed by atoms with Gasteiger partial charge in [-0.05, 0) is 36.6 Å². The summed E-state index contributed by atoms with van der Waals surface area (Å²) in [6, 6.07) is 17.1. The number of anilines is 1. The number of likely N-dealkylation sites (N-methyl/N-ethyl adjacent to an activating group) is 1. The number of hydrogen-bond acceptors (Lipinski definition) is 5. The highest BCUT2D eigenvalue weighted by molar-refractivity contribution is 6.30. The van der Waals surface area contributed by atoms with Crippen molar-refractivity contribution in [1.82, 2.24) is 20.0 Å². The standard InChI is InChI=1S/C23H26ClN5O2/c1-26-20-19(21(30)29(23(26)31)14-11-16-7-3-2-4-8-16)28-13-6-12-27(22(28)25-20)18-10-5-9-17(24)15-18/h2-5,7-10,15,19-20,22,25H,6,11-14H2,1H3. The Hall–Kier alpha value is -2.61. The minimum absolute atomic E-state index is 0.119. The lowest BCUT2D eigenvalue weighted by molar-refractivity contribution is -0.138. The maximum Gasteiger partial charge on any atom is 0.327 e. The maximum atomic E-state index is 13.5. The number of carbonyl (C=O) groups excluding carboxylic acids is 2. The number of rotatable bonds is 4. The summed E-state index contributed by atoms with van der Waals surface area (Å²) in [5, 5.41) is 4.22. The first-order chi connectivity index (χ1) is 15.0. The van der Waals surface area contributed by atoms with Gasteiger partial charge in [-0.3, -0.25) is 19.9 Å². The van der Waals surface area contributed by atoms with E-state index in [1.807, 2.05) is 54.6 Å². The third-order valence-electron chi connectivity index (χ3n) is 6.48. The molecule has 2 aromatic rings. The second kappa shape index (κ2) is 8.15. The summed E-state index contributed by atoms with van der Waals surface area (Å²) < 4.78 is 0.